The van der Waals surface area contributed by atoms with Crippen LogP contribution in [0.3, 0.4) is 0 Å². The summed E-state index contributed by atoms with van der Waals surface area (Å²) in [5.74, 6) is -0.880. The lowest BCUT2D eigenvalue weighted by Crippen LogP contribution is -2.33. The van der Waals surface area contributed by atoms with Crippen molar-refractivity contribution in [1.82, 2.24) is 0 Å². The van der Waals surface area contributed by atoms with Crippen LogP contribution < -0.4 is 10.2 Å². The number of aliphatic hydroxyl groups is 3. The Balaban J connectivity index is 1.82. The zero-order valence-electron chi connectivity index (χ0n) is 16.6. The molecule has 0 radical (unpaired) electrons. The predicted octanol–water partition coefficient (Wildman–Crippen LogP) is 2.00. The standard InChI is InChI=1S/C22H20O9/c1-21(2,27)8-11(24)9-3-4-10(23)14-17(25)15-12(30-19(9)14)7-13-16(18(15)26)22(28)5-6-29-20(22)31-13/h3-7,11,20,23-24,26-28H,8H2,1-2H3/t11-,20+,22-/m0/s1. The molecule has 2 aliphatic rings. The van der Waals surface area contributed by atoms with Gasteiger partial charge in [-0.2, -0.15) is 0 Å². The molecule has 0 bridgehead atoms. The number of aliphatic hydroxyl groups excluding tert-OH is 1. The lowest BCUT2D eigenvalue weighted by Gasteiger charge is -2.22. The molecule has 31 heavy (non-hydrogen) atoms. The van der Waals surface area contributed by atoms with Crippen molar-refractivity contribution >= 4 is 21.9 Å². The third-order valence-electron chi connectivity index (χ3n) is 5.63. The SMILES string of the molecule is CC(C)(O)C[C@H](O)c1ccc(O)c2c(=O)c3c(O)c4c(cc3oc12)O[C@H]1OC=C[C@]41O. The number of phenolic OH excluding ortho intramolecular Hbond substituents is 2. The van der Waals surface area contributed by atoms with Gasteiger partial charge in [0.1, 0.15) is 39.2 Å². The molecular weight excluding hydrogens is 408 g/mol. The molecule has 5 N–H and O–H groups in total. The third-order valence-corrected chi connectivity index (χ3v) is 5.63. The van der Waals surface area contributed by atoms with Crippen molar-refractivity contribution < 1.29 is 39.4 Å². The van der Waals surface area contributed by atoms with Gasteiger partial charge in [0.25, 0.3) is 6.29 Å². The average Bonchev–Trinajstić information content (AvgIpc) is 3.13. The molecule has 5 rings (SSSR count). The first-order valence-electron chi connectivity index (χ1n) is 9.63. The number of hydrogen-bond acceptors (Lipinski definition) is 9. The maximum Gasteiger partial charge on any atom is 0.277 e. The second kappa shape index (κ2) is 6.13. The van der Waals surface area contributed by atoms with E-state index >= 15 is 0 Å². The molecule has 3 atom stereocenters. The Labute approximate surface area is 175 Å². The summed E-state index contributed by atoms with van der Waals surface area (Å²) in [5.41, 5.74) is -3.72. The van der Waals surface area contributed by atoms with Crippen LogP contribution in [-0.2, 0) is 10.3 Å². The first-order chi connectivity index (χ1) is 14.5. The summed E-state index contributed by atoms with van der Waals surface area (Å²) in [6.07, 6.45) is 0.183. The molecule has 0 unspecified atom stereocenters. The highest BCUT2D eigenvalue weighted by molar-refractivity contribution is 5.98. The van der Waals surface area contributed by atoms with Gasteiger partial charge in [-0.25, -0.2) is 0 Å². The zero-order chi connectivity index (χ0) is 22.3. The number of ether oxygens (including phenoxy) is 2. The monoisotopic (exact) mass is 428 g/mol. The highest BCUT2D eigenvalue weighted by atomic mass is 16.7. The van der Waals surface area contributed by atoms with Gasteiger partial charge < -0.3 is 39.4 Å². The van der Waals surface area contributed by atoms with Crippen LogP contribution in [0, 0.1) is 0 Å². The van der Waals surface area contributed by atoms with E-state index in [0.717, 1.165) is 0 Å². The molecule has 9 nitrogen and oxygen atoms in total. The summed E-state index contributed by atoms with van der Waals surface area (Å²) in [6.45, 7) is 3.06. The van der Waals surface area contributed by atoms with Crippen molar-refractivity contribution in [3.8, 4) is 17.2 Å². The normalized spacial score (nSPS) is 22.9. The minimum Gasteiger partial charge on any atom is -0.507 e. The minimum atomic E-state index is -1.78. The second-order valence-corrected chi connectivity index (χ2v) is 8.53. The van der Waals surface area contributed by atoms with Gasteiger partial charge in [-0.3, -0.25) is 4.79 Å². The molecule has 3 aromatic rings. The van der Waals surface area contributed by atoms with Crippen molar-refractivity contribution in [3.05, 3.63) is 51.9 Å². The average molecular weight is 428 g/mol. The Morgan fingerprint density at radius 1 is 1.23 bits per heavy atom. The Hall–Kier alpha value is -3.27. The molecule has 2 aliphatic heterocycles. The summed E-state index contributed by atoms with van der Waals surface area (Å²) < 4.78 is 16.6. The van der Waals surface area contributed by atoms with Gasteiger partial charge in [-0.1, -0.05) is 0 Å². The summed E-state index contributed by atoms with van der Waals surface area (Å²) in [5, 5.41) is 52.3. The van der Waals surface area contributed by atoms with E-state index in [-0.39, 0.29) is 45.2 Å². The van der Waals surface area contributed by atoms with E-state index < -0.39 is 40.5 Å². The van der Waals surface area contributed by atoms with E-state index in [9.17, 15) is 30.3 Å². The van der Waals surface area contributed by atoms with Crippen LogP contribution in [0.2, 0.25) is 0 Å². The van der Waals surface area contributed by atoms with Crippen LogP contribution in [-0.4, -0.2) is 37.4 Å². The van der Waals surface area contributed by atoms with Crippen LogP contribution in [0.5, 0.6) is 17.2 Å². The second-order valence-electron chi connectivity index (χ2n) is 8.53. The topological polar surface area (TPSA) is 150 Å². The van der Waals surface area contributed by atoms with E-state index in [1.165, 1.54) is 44.4 Å². The Morgan fingerprint density at radius 2 is 1.97 bits per heavy atom. The first-order valence-corrected chi connectivity index (χ1v) is 9.63. The molecule has 0 aliphatic carbocycles. The number of hydrogen-bond donors (Lipinski definition) is 5. The van der Waals surface area contributed by atoms with Crippen molar-refractivity contribution in [3.63, 3.8) is 0 Å². The molecule has 9 heteroatoms. The highest BCUT2D eigenvalue weighted by Crippen LogP contribution is 2.52. The Kier molecular flexibility index (Phi) is 3.89. The van der Waals surface area contributed by atoms with Crippen molar-refractivity contribution in [2.75, 3.05) is 0 Å². The van der Waals surface area contributed by atoms with E-state index in [1.54, 1.807) is 0 Å². The zero-order valence-corrected chi connectivity index (χ0v) is 16.6. The van der Waals surface area contributed by atoms with Crippen molar-refractivity contribution in [2.45, 2.75) is 43.9 Å². The van der Waals surface area contributed by atoms with Gasteiger partial charge in [-0.05, 0) is 32.1 Å². The highest BCUT2D eigenvalue weighted by Gasteiger charge is 2.53. The molecule has 0 saturated carbocycles. The van der Waals surface area contributed by atoms with Crippen LogP contribution >= 0.6 is 0 Å². The van der Waals surface area contributed by atoms with E-state index in [2.05, 4.69) is 0 Å². The Morgan fingerprint density at radius 3 is 2.68 bits per heavy atom. The van der Waals surface area contributed by atoms with Crippen LogP contribution in [0.15, 0.2) is 39.7 Å². The quantitative estimate of drug-likeness (QED) is 0.395. The third kappa shape index (κ3) is 2.71. The number of benzene rings is 2. The molecular formula is C22H20O9. The molecule has 0 saturated heterocycles. The number of fused-ring (bicyclic) bond motifs is 5. The predicted molar refractivity (Wildman–Crippen MR) is 108 cm³/mol. The number of phenols is 2. The lowest BCUT2D eigenvalue weighted by molar-refractivity contribution is -0.110. The summed E-state index contributed by atoms with van der Waals surface area (Å²) in [4.78, 5) is 13.3. The van der Waals surface area contributed by atoms with Gasteiger partial charge in [0.2, 0.25) is 5.43 Å². The number of rotatable bonds is 3. The fourth-order valence-corrected chi connectivity index (χ4v) is 4.23. The van der Waals surface area contributed by atoms with Gasteiger partial charge >= 0.3 is 0 Å². The molecule has 0 spiro atoms. The molecule has 1 aromatic heterocycles. The van der Waals surface area contributed by atoms with Crippen LogP contribution in [0.4, 0.5) is 0 Å². The maximum atomic E-state index is 13.3. The van der Waals surface area contributed by atoms with Crippen molar-refractivity contribution in [1.29, 1.82) is 0 Å². The summed E-state index contributed by atoms with van der Waals surface area (Å²) in [6, 6.07) is 3.98. The van der Waals surface area contributed by atoms with Gasteiger partial charge in [0.15, 0.2) is 5.60 Å². The Bertz CT molecular complexity index is 1330. The molecule has 162 valence electrons. The lowest BCUT2D eigenvalue weighted by atomic mass is 9.92. The minimum absolute atomic E-state index is 0.0388. The van der Waals surface area contributed by atoms with Crippen LogP contribution in [0.1, 0.15) is 37.5 Å². The molecule has 0 amide bonds. The van der Waals surface area contributed by atoms with E-state index in [0.29, 0.717) is 0 Å². The van der Waals surface area contributed by atoms with Gasteiger partial charge in [0, 0.05) is 18.1 Å². The molecule has 3 heterocycles. The molecule has 2 aromatic carbocycles. The van der Waals surface area contributed by atoms with E-state index in [4.69, 9.17) is 13.9 Å². The summed E-state index contributed by atoms with van der Waals surface area (Å²) in [7, 11) is 0. The van der Waals surface area contributed by atoms with E-state index in [1.807, 2.05) is 0 Å². The van der Waals surface area contributed by atoms with Crippen molar-refractivity contribution in [2.24, 2.45) is 0 Å². The fraction of sp³-hybridized carbons (Fsp3) is 0.318. The fourth-order valence-electron chi connectivity index (χ4n) is 4.23. The first kappa shape index (κ1) is 19.7. The van der Waals surface area contributed by atoms with Crippen LogP contribution in [0.25, 0.3) is 21.9 Å². The maximum absolute atomic E-state index is 13.3. The number of aromatic hydroxyl groups is 2. The largest absolute Gasteiger partial charge is 0.507 e. The molecule has 0 fully saturated rings. The van der Waals surface area contributed by atoms with Gasteiger partial charge in [-0.15, -0.1) is 0 Å². The summed E-state index contributed by atoms with van der Waals surface area (Å²) >= 11 is 0. The van der Waals surface area contributed by atoms with Gasteiger partial charge in [0.05, 0.1) is 23.5 Å². The smallest absolute Gasteiger partial charge is 0.277 e.